The second kappa shape index (κ2) is 4.67. The molecule has 0 aromatic carbocycles. The van der Waals surface area contributed by atoms with Crippen molar-refractivity contribution in [2.45, 2.75) is 6.61 Å². The maximum atomic E-state index is 9.00. The fraction of sp³-hybridized carbons (Fsp3) is 0.182. The van der Waals surface area contributed by atoms with E-state index in [1.807, 2.05) is 6.07 Å². The highest BCUT2D eigenvalue weighted by molar-refractivity contribution is 5.60. The van der Waals surface area contributed by atoms with Crippen molar-refractivity contribution >= 4 is 0 Å². The van der Waals surface area contributed by atoms with Crippen LogP contribution in [0.3, 0.4) is 0 Å². The number of pyridine rings is 1. The number of rotatable bonds is 3. The minimum atomic E-state index is -0.0299. The van der Waals surface area contributed by atoms with E-state index < -0.39 is 0 Å². The molecule has 16 heavy (non-hydrogen) atoms. The lowest BCUT2D eigenvalue weighted by Crippen LogP contribution is -1.92. The van der Waals surface area contributed by atoms with Gasteiger partial charge in [0.25, 0.3) is 0 Å². The lowest BCUT2D eigenvalue weighted by Gasteiger charge is -2.03. The van der Waals surface area contributed by atoms with Crippen molar-refractivity contribution in [3.8, 4) is 17.1 Å². The van der Waals surface area contributed by atoms with Gasteiger partial charge in [0.15, 0.2) is 0 Å². The third-order valence-corrected chi connectivity index (χ3v) is 2.12. The van der Waals surface area contributed by atoms with E-state index in [0.29, 0.717) is 6.01 Å². The van der Waals surface area contributed by atoms with Gasteiger partial charge in [-0.05, 0) is 11.6 Å². The third-order valence-electron chi connectivity index (χ3n) is 2.12. The molecule has 0 bridgehead atoms. The van der Waals surface area contributed by atoms with Crippen LogP contribution in [0.4, 0.5) is 0 Å². The Balaban J connectivity index is 2.34. The van der Waals surface area contributed by atoms with Crippen molar-refractivity contribution in [1.29, 1.82) is 0 Å². The lowest BCUT2D eigenvalue weighted by molar-refractivity contribution is 0.281. The van der Waals surface area contributed by atoms with Crippen LogP contribution < -0.4 is 4.74 Å². The lowest BCUT2D eigenvalue weighted by atomic mass is 10.1. The van der Waals surface area contributed by atoms with E-state index in [1.54, 1.807) is 24.8 Å². The van der Waals surface area contributed by atoms with Crippen LogP contribution in [-0.4, -0.2) is 27.2 Å². The Morgan fingerprint density at radius 3 is 2.50 bits per heavy atom. The number of methoxy groups -OCH3 is 1. The second-order valence-electron chi connectivity index (χ2n) is 3.20. The van der Waals surface area contributed by atoms with Crippen molar-refractivity contribution in [3.63, 3.8) is 0 Å². The zero-order chi connectivity index (χ0) is 11.4. The monoisotopic (exact) mass is 217 g/mol. The normalized spacial score (nSPS) is 10.1. The highest BCUT2D eigenvalue weighted by Gasteiger charge is 2.01. The Labute approximate surface area is 92.8 Å². The average Bonchev–Trinajstić information content (AvgIpc) is 2.39. The Kier molecular flexibility index (Phi) is 3.07. The molecular weight excluding hydrogens is 206 g/mol. The second-order valence-corrected chi connectivity index (χ2v) is 3.20. The first-order valence-corrected chi connectivity index (χ1v) is 4.74. The minimum Gasteiger partial charge on any atom is -0.467 e. The van der Waals surface area contributed by atoms with Gasteiger partial charge in [-0.15, -0.1) is 0 Å². The highest BCUT2D eigenvalue weighted by atomic mass is 16.5. The number of ether oxygens (including phenoxy) is 1. The summed E-state index contributed by atoms with van der Waals surface area (Å²) in [5, 5.41) is 9.00. The van der Waals surface area contributed by atoms with E-state index in [0.717, 1.165) is 16.7 Å². The molecule has 5 heteroatoms. The van der Waals surface area contributed by atoms with Crippen LogP contribution in [0.5, 0.6) is 6.01 Å². The van der Waals surface area contributed by atoms with Gasteiger partial charge < -0.3 is 9.84 Å². The van der Waals surface area contributed by atoms with Crippen LogP contribution in [-0.2, 0) is 6.61 Å². The molecule has 0 saturated heterocycles. The molecule has 0 radical (unpaired) electrons. The van der Waals surface area contributed by atoms with Gasteiger partial charge in [0.05, 0.1) is 13.7 Å². The van der Waals surface area contributed by atoms with Gasteiger partial charge in [0.2, 0.25) is 0 Å². The minimum absolute atomic E-state index is 0.0299. The van der Waals surface area contributed by atoms with E-state index in [1.165, 1.54) is 7.11 Å². The molecular formula is C11H11N3O2. The molecule has 0 unspecified atom stereocenters. The molecule has 1 N–H and O–H groups in total. The molecule has 0 amide bonds. The zero-order valence-corrected chi connectivity index (χ0v) is 8.79. The van der Waals surface area contributed by atoms with Gasteiger partial charge in [-0.3, -0.25) is 4.98 Å². The van der Waals surface area contributed by atoms with Crippen molar-refractivity contribution in [1.82, 2.24) is 15.0 Å². The predicted octanol–water partition coefficient (Wildman–Crippen LogP) is 1.04. The summed E-state index contributed by atoms with van der Waals surface area (Å²) in [5.41, 5.74) is 2.46. The first-order chi connectivity index (χ1) is 7.83. The number of hydrogen-bond acceptors (Lipinski definition) is 5. The molecule has 0 fully saturated rings. The number of aliphatic hydroxyl groups is 1. The first kappa shape index (κ1) is 10.5. The van der Waals surface area contributed by atoms with Crippen molar-refractivity contribution < 1.29 is 9.84 Å². The highest BCUT2D eigenvalue weighted by Crippen LogP contribution is 2.18. The van der Waals surface area contributed by atoms with E-state index in [-0.39, 0.29) is 6.61 Å². The van der Waals surface area contributed by atoms with Crippen molar-refractivity contribution in [3.05, 3.63) is 36.4 Å². The van der Waals surface area contributed by atoms with Crippen LogP contribution >= 0.6 is 0 Å². The van der Waals surface area contributed by atoms with Crippen LogP contribution in [0.2, 0.25) is 0 Å². The van der Waals surface area contributed by atoms with Gasteiger partial charge in [0, 0.05) is 35.9 Å². The summed E-state index contributed by atoms with van der Waals surface area (Å²) in [7, 11) is 1.52. The summed E-state index contributed by atoms with van der Waals surface area (Å²) in [6.07, 6.45) is 6.63. The third kappa shape index (κ3) is 2.14. The van der Waals surface area contributed by atoms with Crippen LogP contribution in [0.15, 0.2) is 30.9 Å². The summed E-state index contributed by atoms with van der Waals surface area (Å²) in [6, 6.07) is 2.17. The van der Waals surface area contributed by atoms with Gasteiger partial charge in [0.1, 0.15) is 0 Å². The molecule has 0 aliphatic heterocycles. The fourth-order valence-corrected chi connectivity index (χ4v) is 1.30. The van der Waals surface area contributed by atoms with Crippen molar-refractivity contribution in [2.75, 3.05) is 7.11 Å². The zero-order valence-electron chi connectivity index (χ0n) is 8.79. The quantitative estimate of drug-likeness (QED) is 0.831. The maximum Gasteiger partial charge on any atom is 0.316 e. The smallest absolute Gasteiger partial charge is 0.316 e. The van der Waals surface area contributed by atoms with Gasteiger partial charge in [-0.1, -0.05) is 0 Å². The summed E-state index contributed by atoms with van der Waals surface area (Å²) in [4.78, 5) is 12.0. The molecule has 0 atom stereocenters. The van der Waals surface area contributed by atoms with E-state index in [4.69, 9.17) is 9.84 Å². The molecule has 2 aromatic heterocycles. The Morgan fingerprint density at radius 2 is 1.88 bits per heavy atom. The number of aromatic nitrogens is 3. The van der Waals surface area contributed by atoms with E-state index in [9.17, 15) is 0 Å². The standard InChI is InChI=1S/C11H11N3O2/c1-16-11-13-5-10(6-14-11)9-2-8(7-15)3-12-4-9/h2-6,15H,7H2,1H3. The molecule has 5 nitrogen and oxygen atoms in total. The first-order valence-electron chi connectivity index (χ1n) is 4.74. The number of aliphatic hydroxyl groups excluding tert-OH is 1. The topological polar surface area (TPSA) is 68.1 Å². The van der Waals surface area contributed by atoms with Gasteiger partial charge in [-0.25, -0.2) is 9.97 Å². The van der Waals surface area contributed by atoms with Gasteiger partial charge in [-0.2, -0.15) is 0 Å². The maximum absolute atomic E-state index is 9.00. The van der Waals surface area contributed by atoms with E-state index in [2.05, 4.69) is 15.0 Å². The Bertz CT molecular complexity index is 471. The summed E-state index contributed by atoms with van der Waals surface area (Å²) >= 11 is 0. The molecule has 2 aromatic rings. The molecule has 82 valence electrons. The average molecular weight is 217 g/mol. The number of nitrogens with zero attached hydrogens (tertiary/aromatic N) is 3. The van der Waals surface area contributed by atoms with Crippen LogP contribution in [0.25, 0.3) is 11.1 Å². The largest absolute Gasteiger partial charge is 0.467 e. The SMILES string of the molecule is COc1ncc(-c2cncc(CO)c2)cn1. The van der Waals surface area contributed by atoms with Gasteiger partial charge >= 0.3 is 6.01 Å². The predicted molar refractivity (Wildman–Crippen MR) is 57.7 cm³/mol. The van der Waals surface area contributed by atoms with Crippen LogP contribution in [0.1, 0.15) is 5.56 Å². The Hall–Kier alpha value is -2.01. The Morgan fingerprint density at radius 1 is 1.12 bits per heavy atom. The summed E-state index contributed by atoms with van der Waals surface area (Å²) < 4.78 is 4.87. The van der Waals surface area contributed by atoms with E-state index >= 15 is 0 Å². The number of hydrogen-bond donors (Lipinski definition) is 1. The molecule has 2 rings (SSSR count). The molecule has 0 aliphatic rings. The summed E-state index contributed by atoms with van der Waals surface area (Å²) in [6.45, 7) is -0.0299. The molecule has 0 spiro atoms. The fourth-order valence-electron chi connectivity index (χ4n) is 1.30. The molecule has 0 aliphatic carbocycles. The van der Waals surface area contributed by atoms with Crippen molar-refractivity contribution in [2.24, 2.45) is 0 Å². The summed E-state index contributed by atoms with van der Waals surface area (Å²) in [5.74, 6) is 0. The molecule has 0 saturated carbocycles. The van der Waals surface area contributed by atoms with Crippen LogP contribution in [0, 0.1) is 0 Å². The molecule has 2 heterocycles.